The minimum Gasteiger partial charge on any atom is -0.316 e. The lowest BCUT2D eigenvalue weighted by Gasteiger charge is -2.42. The molecule has 82 valence electrons. The predicted molar refractivity (Wildman–Crippen MR) is 64.9 cm³/mol. The van der Waals surface area contributed by atoms with E-state index >= 15 is 0 Å². The summed E-state index contributed by atoms with van der Waals surface area (Å²) >= 11 is 2.24. The van der Waals surface area contributed by atoms with Crippen LogP contribution in [0.2, 0.25) is 0 Å². The van der Waals surface area contributed by atoms with Gasteiger partial charge in [-0.05, 0) is 49.9 Å². The fraction of sp³-hybridized carbons (Fsp3) is 1.00. The van der Waals surface area contributed by atoms with Crippen LogP contribution in [0.4, 0.5) is 0 Å². The van der Waals surface area contributed by atoms with Crippen molar-refractivity contribution in [2.45, 2.75) is 44.3 Å². The normalized spacial score (nSPS) is 44.1. The molecule has 0 bridgehead atoms. The molecule has 2 rings (SSSR count). The molecule has 0 saturated carbocycles. The Kier molecular flexibility index (Phi) is 3.43. The van der Waals surface area contributed by atoms with Crippen molar-refractivity contribution in [1.29, 1.82) is 0 Å². The van der Waals surface area contributed by atoms with Crippen molar-refractivity contribution < 1.29 is 0 Å². The molecule has 3 atom stereocenters. The van der Waals surface area contributed by atoms with Gasteiger partial charge in [-0.3, -0.25) is 0 Å². The highest BCUT2D eigenvalue weighted by atomic mass is 32.2. The van der Waals surface area contributed by atoms with E-state index in [9.17, 15) is 0 Å². The Labute approximate surface area is 92.4 Å². The summed E-state index contributed by atoms with van der Waals surface area (Å²) < 4.78 is 0.614. The standard InChI is InChI=1S/C12H23NS/c1-3-10-9-13-7-5-11(10)12(2)6-4-8-14-12/h10-11,13H,3-9H2,1-2H3. The molecule has 2 aliphatic rings. The quantitative estimate of drug-likeness (QED) is 0.757. The molecule has 14 heavy (non-hydrogen) atoms. The van der Waals surface area contributed by atoms with E-state index in [4.69, 9.17) is 0 Å². The molecule has 1 nitrogen and oxygen atoms in total. The van der Waals surface area contributed by atoms with Crippen molar-refractivity contribution in [3.63, 3.8) is 0 Å². The van der Waals surface area contributed by atoms with Crippen molar-refractivity contribution in [3.8, 4) is 0 Å². The Hall–Kier alpha value is 0.310. The monoisotopic (exact) mass is 213 g/mol. The molecule has 2 aliphatic heterocycles. The van der Waals surface area contributed by atoms with Gasteiger partial charge < -0.3 is 5.32 Å². The summed E-state index contributed by atoms with van der Waals surface area (Å²) in [6.07, 6.45) is 5.66. The minimum atomic E-state index is 0.614. The molecule has 2 saturated heterocycles. The van der Waals surface area contributed by atoms with Gasteiger partial charge >= 0.3 is 0 Å². The van der Waals surface area contributed by atoms with Crippen molar-refractivity contribution in [2.24, 2.45) is 11.8 Å². The van der Waals surface area contributed by atoms with Gasteiger partial charge in [-0.2, -0.15) is 11.8 Å². The molecule has 0 amide bonds. The predicted octanol–water partition coefficient (Wildman–Crippen LogP) is 2.91. The molecular weight excluding hydrogens is 190 g/mol. The van der Waals surface area contributed by atoms with Gasteiger partial charge in [0.15, 0.2) is 0 Å². The number of hydrogen-bond acceptors (Lipinski definition) is 2. The molecule has 2 heterocycles. The third kappa shape index (κ3) is 1.96. The number of thioether (sulfide) groups is 1. The molecule has 0 aromatic rings. The van der Waals surface area contributed by atoms with Crippen molar-refractivity contribution in [2.75, 3.05) is 18.8 Å². The average Bonchev–Trinajstić information content (AvgIpc) is 2.66. The summed E-state index contributed by atoms with van der Waals surface area (Å²) in [5.74, 6) is 3.30. The molecule has 1 N–H and O–H groups in total. The van der Waals surface area contributed by atoms with Gasteiger partial charge in [0.25, 0.3) is 0 Å². The van der Waals surface area contributed by atoms with Crippen molar-refractivity contribution in [3.05, 3.63) is 0 Å². The number of hydrogen-bond donors (Lipinski definition) is 1. The van der Waals surface area contributed by atoms with Crippen LogP contribution in [-0.4, -0.2) is 23.6 Å². The van der Waals surface area contributed by atoms with E-state index in [1.165, 1.54) is 44.5 Å². The Morgan fingerprint density at radius 2 is 2.36 bits per heavy atom. The van der Waals surface area contributed by atoms with Crippen LogP contribution in [-0.2, 0) is 0 Å². The van der Waals surface area contributed by atoms with Gasteiger partial charge in [0.2, 0.25) is 0 Å². The van der Waals surface area contributed by atoms with E-state index in [-0.39, 0.29) is 0 Å². The van der Waals surface area contributed by atoms with Crippen LogP contribution in [0, 0.1) is 11.8 Å². The fourth-order valence-electron chi connectivity index (χ4n) is 3.25. The SMILES string of the molecule is CCC1CNCCC1C1(C)CCCS1. The summed E-state index contributed by atoms with van der Waals surface area (Å²) in [5, 5.41) is 3.55. The number of piperidine rings is 1. The Morgan fingerprint density at radius 1 is 1.50 bits per heavy atom. The van der Waals surface area contributed by atoms with Crippen LogP contribution in [0.15, 0.2) is 0 Å². The topological polar surface area (TPSA) is 12.0 Å². The van der Waals surface area contributed by atoms with Crippen LogP contribution in [0.25, 0.3) is 0 Å². The molecule has 3 unspecified atom stereocenters. The van der Waals surface area contributed by atoms with Crippen LogP contribution >= 0.6 is 11.8 Å². The lowest BCUT2D eigenvalue weighted by molar-refractivity contribution is 0.197. The minimum absolute atomic E-state index is 0.614. The molecule has 0 aromatic carbocycles. The first-order valence-electron chi connectivity index (χ1n) is 6.11. The van der Waals surface area contributed by atoms with Gasteiger partial charge in [-0.1, -0.05) is 20.3 Å². The Bertz CT molecular complexity index is 187. The summed E-state index contributed by atoms with van der Waals surface area (Å²) in [5.41, 5.74) is 0. The maximum atomic E-state index is 3.55. The van der Waals surface area contributed by atoms with E-state index in [1.807, 2.05) is 0 Å². The zero-order valence-corrected chi connectivity index (χ0v) is 10.3. The Balaban J connectivity index is 2.05. The molecule has 0 aliphatic carbocycles. The first kappa shape index (κ1) is 10.8. The molecule has 2 fully saturated rings. The fourth-order valence-corrected chi connectivity index (χ4v) is 4.82. The van der Waals surface area contributed by atoms with Crippen molar-refractivity contribution >= 4 is 11.8 Å². The maximum absolute atomic E-state index is 3.55. The first-order chi connectivity index (χ1) is 6.76. The zero-order valence-electron chi connectivity index (χ0n) is 9.51. The van der Waals surface area contributed by atoms with Crippen LogP contribution < -0.4 is 5.32 Å². The van der Waals surface area contributed by atoms with E-state index < -0.39 is 0 Å². The molecule has 0 radical (unpaired) electrons. The highest BCUT2D eigenvalue weighted by Crippen LogP contribution is 2.48. The number of rotatable bonds is 2. The second kappa shape index (κ2) is 4.44. The van der Waals surface area contributed by atoms with E-state index in [0.717, 1.165) is 11.8 Å². The highest BCUT2D eigenvalue weighted by Gasteiger charge is 2.41. The van der Waals surface area contributed by atoms with E-state index in [2.05, 4.69) is 30.9 Å². The van der Waals surface area contributed by atoms with Gasteiger partial charge in [-0.25, -0.2) is 0 Å². The summed E-state index contributed by atoms with van der Waals surface area (Å²) in [6.45, 7) is 7.38. The first-order valence-corrected chi connectivity index (χ1v) is 7.09. The van der Waals surface area contributed by atoms with Gasteiger partial charge in [-0.15, -0.1) is 0 Å². The van der Waals surface area contributed by atoms with E-state index in [1.54, 1.807) is 0 Å². The average molecular weight is 213 g/mol. The summed E-state index contributed by atoms with van der Waals surface area (Å²) in [7, 11) is 0. The van der Waals surface area contributed by atoms with Gasteiger partial charge in [0.1, 0.15) is 0 Å². The van der Waals surface area contributed by atoms with Gasteiger partial charge in [0.05, 0.1) is 0 Å². The van der Waals surface area contributed by atoms with Crippen molar-refractivity contribution in [1.82, 2.24) is 5.32 Å². The van der Waals surface area contributed by atoms with Crippen LogP contribution in [0.1, 0.15) is 39.5 Å². The molecular formula is C12H23NS. The lowest BCUT2D eigenvalue weighted by Crippen LogP contribution is -2.45. The molecule has 2 heteroatoms. The number of nitrogens with one attached hydrogen (secondary N) is 1. The van der Waals surface area contributed by atoms with Crippen LogP contribution in [0.5, 0.6) is 0 Å². The zero-order chi connectivity index (χ0) is 10.0. The molecule has 0 spiro atoms. The Morgan fingerprint density at radius 3 is 3.00 bits per heavy atom. The largest absolute Gasteiger partial charge is 0.316 e. The van der Waals surface area contributed by atoms with Gasteiger partial charge in [0, 0.05) is 4.75 Å². The van der Waals surface area contributed by atoms with E-state index in [0.29, 0.717) is 4.75 Å². The lowest BCUT2D eigenvalue weighted by atomic mass is 9.75. The smallest absolute Gasteiger partial charge is 0.0163 e. The third-order valence-electron chi connectivity index (χ3n) is 4.17. The summed E-state index contributed by atoms with van der Waals surface area (Å²) in [4.78, 5) is 0. The maximum Gasteiger partial charge on any atom is 0.0163 e. The second-order valence-electron chi connectivity index (χ2n) is 5.03. The summed E-state index contributed by atoms with van der Waals surface area (Å²) in [6, 6.07) is 0. The second-order valence-corrected chi connectivity index (χ2v) is 6.66. The molecule has 0 aromatic heterocycles. The third-order valence-corrected chi connectivity index (χ3v) is 5.82. The van der Waals surface area contributed by atoms with Crippen LogP contribution in [0.3, 0.4) is 0 Å². The highest BCUT2D eigenvalue weighted by molar-refractivity contribution is 8.00.